The van der Waals surface area contributed by atoms with Gasteiger partial charge in [0.25, 0.3) is 5.91 Å². The minimum absolute atomic E-state index is 0.173. The van der Waals surface area contributed by atoms with Gasteiger partial charge in [-0.1, -0.05) is 31.5 Å². The Morgan fingerprint density at radius 3 is 2.54 bits per heavy atom. The number of fused-ring (bicyclic) bond motifs is 1. The molecular formula is C20H25N3O3. The number of benzene rings is 1. The van der Waals surface area contributed by atoms with E-state index in [4.69, 9.17) is 0 Å². The highest BCUT2D eigenvalue weighted by Crippen LogP contribution is 2.28. The normalized spacial score (nSPS) is 14.3. The summed E-state index contributed by atoms with van der Waals surface area (Å²) in [6.45, 7) is 5.90. The molecule has 138 valence electrons. The molecule has 6 heteroatoms. The molecule has 0 bridgehead atoms. The van der Waals surface area contributed by atoms with Crippen molar-refractivity contribution in [2.24, 2.45) is 5.92 Å². The summed E-state index contributed by atoms with van der Waals surface area (Å²) < 4.78 is 1.83. The zero-order chi connectivity index (χ0) is 18.8. The number of nitrogens with zero attached hydrogens (tertiary/aromatic N) is 2. The molecule has 6 nitrogen and oxygen atoms in total. The van der Waals surface area contributed by atoms with E-state index in [1.165, 1.54) is 0 Å². The third kappa shape index (κ3) is 3.64. The first-order valence-electron chi connectivity index (χ1n) is 9.08. The highest BCUT2D eigenvalue weighted by atomic mass is 16.4. The average molecular weight is 355 g/mol. The number of aryl methyl sites for hydroxylation is 1. The highest BCUT2D eigenvalue weighted by molar-refractivity contribution is 5.96. The van der Waals surface area contributed by atoms with Gasteiger partial charge in [-0.05, 0) is 50.7 Å². The predicted octanol–water partition coefficient (Wildman–Crippen LogP) is 2.90. The molecule has 2 N–H and O–H groups in total. The first-order valence-corrected chi connectivity index (χ1v) is 9.08. The molecule has 2 aromatic rings. The third-order valence-electron chi connectivity index (χ3n) is 4.73. The van der Waals surface area contributed by atoms with Crippen molar-refractivity contribution in [1.29, 1.82) is 0 Å². The van der Waals surface area contributed by atoms with Crippen LogP contribution in [0.1, 0.15) is 54.0 Å². The molecule has 1 heterocycles. The number of aromatic nitrogens is 2. The van der Waals surface area contributed by atoms with E-state index in [-0.39, 0.29) is 5.92 Å². The molecule has 1 aromatic carbocycles. The zero-order valence-electron chi connectivity index (χ0n) is 15.5. The molecule has 0 aliphatic heterocycles. The second-order valence-corrected chi connectivity index (χ2v) is 7.37. The molecule has 0 saturated carbocycles. The Bertz CT molecular complexity index is 822. The van der Waals surface area contributed by atoms with E-state index >= 15 is 0 Å². The first-order chi connectivity index (χ1) is 12.4. The Morgan fingerprint density at radius 2 is 1.92 bits per heavy atom. The molecule has 3 rings (SSSR count). The van der Waals surface area contributed by atoms with Gasteiger partial charge in [0, 0.05) is 11.3 Å². The lowest BCUT2D eigenvalue weighted by atomic mass is 10.0. The van der Waals surface area contributed by atoms with Crippen LogP contribution >= 0.6 is 0 Å². The number of hydrogen-bond donors (Lipinski definition) is 2. The second-order valence-electron chi connectivity index (χ2n) is 7.37. The molecule has 0 spiro atoms. The Balaban J connectivity index is 1.91. The number of nitrogens with one attached hydrogen (secondary N) is 1. The van der Waals surface area contributed by atoms with Crippen LogP contribution in [0.4, 0.5) is 0 Å². The van der Waals surface area contributed by atoms with Gasteiger partial charge < -0.3 is 10.4 Å². The summed E-state index contributed by atoms with van der Waals surface area (Å²) in [5.74, 6) is -1.24. The lowest BCUT2D eigenvalue weighted by Crippen LogP contribution is -2.42. The van der Waals surface area contributed by atoms with Crippen LogP contribution in [-0.2, 0) is 17.6 Å². The van der Waals surface area contributed by atoms with Crippen molar-refractivity contribution in [3.05, 3.63) is 46.8 Å². The van der Waals surface area contributed by atoms with Crippen LogP contribution in [-0.4, -0.2) is 32.8 Å². The Morgan fingerprint density at radius 1 is 1.23 bits per heavy atom. The van der Waals surface area contributed by atoms with Crippen molar-refractivity contribution in [1.82, 2.24) is 15.1 Å². The van der Waals surface area contributed by atoms with Crippen molar-refractivity contribution >= 4 is 11.9 Å². The molecule has 1 unspecified atom stereocenters. The maximum Gasteiger partial charge on any atom is 0.326 e. The summed E-state index contributed by atoms with van der Waals surface area (Å²) >= 11 is 0. The molecule has 0 fully saturated rings. The summed E-state index contributed by atoms with van der Waals surface area (Å²) in [5.41, 5.74) is 4.43. The molecule has 26 heavy (non-hydrogen) atoms. The number of amides is 1. The smallest absolute Gasteiger partial charge is 0.326 e. The topological polar surface area (TPSA) is 84.2 Å². The quantitative estimate of drug-likeness (QED) is 0.834. The molecule has 1 amide bonds. The van der Waals surface area contributed by atoms with Gasteiger partial charge in [0.1, 0.15) is 6.04 Å². The molecule has 1 aliphatic carbocycles. The van der Waals surface area contributed by atoms with E-state index in [0.717, 1.165) is 41.8 Å². The average Bonchev–Trinajstić information content (AvgIpc) is 3.16. The number of carbonyl (C=O) groups is 2. The van der Waals surface area contributed by atoms with E-state index in [1.807, 2.05) is 49.7 Å². The van der Waals surface area contributed by atoms with Gasteiger partial charge in [-0.2, -0.15) is 5.10 Å². The van der Waals surface area contributed by atoms with Gasteiger partial charge in [0.05, 0.1) is 5.69 Å². The summed E-state index contributed by atoms with van der Waals surface area (Å²) in [6, 6.07) is 7.11. The van der Waals surface area contributed by atoms with Crippen molar-refractivity contribution in [2.75, 3.05) is 0 Å². The van der Waals surface area contributed by atoms with Crippen molar-refractivity contribution in [2.45, 2.75) is 52.5 Å². The first kappa shape index (κ1) is 18.2. The van der Waals surface area contributed by atoms with Crippen LogP contribution in [0.25, 0.3) is 5.69 Å². The summed E-state index contributed by atoms with van der Waals surface area (Å²) in [6.07, 6.45) is 3.04. The molecule has 0 radical (unpaired) electrons. The zero-order valence-corrected chi connectivity index (χ0v) is 15.5. The number of carboxylic acid groups (broad SMARTS) is 1. The summed E-state index contributed by atoms with van der Waals surface area (Å²) in [5, 5.41) is 16.6. The molecule has 0 saturated heterocycles. The maximum atomic E-state index is 12.7. The molecule has 1 aliphatic rings. The van der Waals surface area contributed by atoms with E-state index in [1.54, 1.807) is 0 Å². The molecular weight excluding hydrogens is 330 g/mol. The second kappa shape index (κ2) is 7.32. The Labute approximate surface area is 153 Å². The van der Waals surface area contributed by atoms with Crippen LogP contribution in [0.2, 0.25) is 0 Å². The van der Waals surface area contributed by atoms with Gasteiger partial charge in [-0.15, -0.1) is 0 Å². The monoisotopic (exact) mass is 355 g/mol. The minimum atomic E-state index is -1.01. The largest absolute Gasteiger partial charge is 0.480 e. The van der Waals surface area contributed by atoms with Crippen molar-refractivity contribution in [3.8, 4) is 5.69 Å². The van der Waals surface area contributed by atoms with Crippen LogP contribution in [0.3, 0.4) is 0 Å². The van der Waals surface area contributed by atoms with Gasteiger partial charge in [0.15, 0.2) is 5.69 Å². The fourth-order valence-corrected chi connectivity index (χ4v) is 3.44. The Hall–Kier alpha value is -2.63. The number of hydrogen-bond acceptors (Lipinski definition) is 3. The van der Waals surface area contributed by atoms with Crippen molar-refractivity contribution < 1.29 is 14.7 Å². The number of aliphatic carboxylic acids is 1. The van der Waals surface area contributed by atoms with E-state index in [2.05, 4.69) is 10.4 Å². The number of carboxylic acids is 1. The van der Waals surface area contributed by atoms with Gasteiger partial charge in [-0.3, -0.25) is 4.79 Å². The molecule has 1 aromatic heterocycles. The van der Waals surface area contributed by atoms with Crippen LogP contribution in [0.15, 0.2) is 24.3 Å². The fourth-order valence-electron chi connectivity index (χ4n) is 3.44. The lowest BCUT2D eigenvalue weighted by Gasteiger charge is -2.16. The standard InChI is InChI=1S/C20H25N3O3/c1-12(2)11-16(20(25)26)21-19(24)18-15-5-4-6-17(15)23(22-18)14-9-7-13(3)8-10-14/h7-10,12,16H,4-6,11H2,1-3H3,(H,21,24)(H,25,26). The maximum absolute atomic E-state index is 12.7. The lowest BCUT2D eigenvalue weighted by molar-refractivity contribution is -0.139. The third-order valence-corrected chi connectivity index (χ3v) is 4.73. The van der Waals surface area contributed by atoms with Crippen LogP contribution in [0, 0.1) is 12.8 Å². The van der Waals surface area contributed by atoms with E-state index in [9.17, 15) is 14.7 Å². The van der Waals surface area contributed by atoms with E-state index < -0.39 is 17.9 Å². The van der Waals surface area contributed by atoms with Crippen molar-refractivity contribution in [3.63, 3.8) is 0 Å². The fraction of sp³-hybridized carbons (Fsp3) is 0.450. The van der Waals surface area contributed by atoms with Gasteiger partial charge in [0.2, 0.25) is 0 Å². The van der Waals surface area contributed by atoms with Crippen LogP contribution < -0.4 is 5.32 Å². The number of carbonyl (C=O) groups excluding carboxylic acids is 1. The predicted molar refractivity (Wildman–Crippen MR) is 98.7 cm³/mol. The minimum Gasteiger partial charge on any atom is -0.480 e. The van der Waals surface area contributed by atoms with E-state index in [0.29, 0.717) is 12.1 Å². The highest BCUT2D eigenvalue weighted by Gasteiger charge is 2.29. The van der Waals surface area contributed by atoms with Crippen LogP contribution in [0.5, 0.6) is 0 Å². The van der Waals surface area contributed by atoms with Gasteiger partial charge in [-0.25, -0.2) is 9.48 Å². The molecule has 1 atom stereocenters. The SMILES string of the molecule is Cc1ccc(-n2nc(C(=O)NC(CC(C)C)C(=O)O)c3c2CCC3)cc1. The summed E-state index contributed by atoms with van der Waals surface area (Å²) in [4.78, 5) is 24.2. The van der Waals surface area contributed by atoms with Gasteiger partial charge >= 0.3 is 5.97 Å². The Kier molecular flexibility index (Phi) is 5.11. The number of rotatable bonds is 6. The summed E-state index contributed by atoms with van der Waals surface area (Å²) in [7, 11) is 0.